The second-order valence-corrected chi connectivity index (χ2v) is 10.6. The second-order valence-electron chi connectivity index (χ2n) is 10.6. The van der Waals surface area contributed by atoms with E-state index < -0.39 is 0 Å². The lowest BCUT2D eigenvalue weighted by Crippen LogP contribution is -2.43. The average Bonchev–Trinajstić information content (AvgIpc) is 3.03. The molecule has 1 saturated heterocycles. The fraction of sp³-hybridized carbons (Fsp3) is 0.412. The molecule has 1 fully saturated rings. The second kappa shape index (κ2) is 16.4. The fourth-order valence-corrected chi connectivity index (χ4v) is 5.20. The Morgan fingerprint density at radius 3 is 2.26 bits per heavy atom. The highest BCUT2D eigenvalue weighted by Gasteiger charge is 2.20. The molecule has 1 aliphatic rings. The van der Waals surface area contributed by atoms with Crippen molar-refractivity contribution in [2.45, 2.75) is 58.9 Å². The van der Waals surface area contributed by atoms with Gasteiger partial charge < -0.3 is 35.6 Å². The molecule has 3 aromatic rings. The van der Waals surface area contributed by atoms with E-state index in [-0.39, 0.29) is 11.9 Å². The Kier molecular flexibility index (Phi) is 12.1. The molecule has 4 rings (SSSR count). The van der Waals surface area contributed by atoms with Crippen molar-refractivity contribution in [2.75, 3.05) is 48.3 Å². The molecule has 0 saturated carbocycles. The van der Waals surface area contributed by atoms with Crippen LogP contribution in [-0.4, -0.2) is 50.8 Å². The van der Waals surface area contributed by atoms with E-state index >= 15 is 0 Å². The minimum atomic E-state index is -0.249. The van der Waals surface area contributed by atoms with Crippen LogP contribution >= 0.6 is 0 Å². The first-order valence-corrected chi connectivity index (χ1v) is 15.5. The van der Waals surface area contributed by atoms with Crippen LogP contribution in [0, 0.1) is 0 Å². The Labute approximate surface area is 255 Å². The van der Waals surface area contributed by atoms with Gasteiger partial charge in [0.25, 0.3) is 5.91 Å². The summed E-state index contributed by atoms with van der Waals surface area (Å²) in [4.78, 5) is 27.6. The summed E-state index contributed by atoms with van der Waals surface area (Å²) in [7, 11) is 0. The predicted molar refractivity (Wildman–Crippen MR) is 174 cm³/mol. The van der Waals surface area contributed by atoms with Crippen molar-refractivity contribution in [3.05, 3.63) is 72.3 Å². The molecular weight excluding hydrogens is 542 g/mol. The monoisotopic (exact) mass is 587 g/mol. The topological polar surface area (TPSA) is 104 Å². The first-order chi connectivity index (χ1) is 21.0. The van der Waals surface area contributed by atoms with Crippen LogP contribution in [0.1, 0.15) is 63.2 Å². The molecule has 0 spiro atoms. The number of hydrogen-bond acceptors (Lipinski definition) is 6. The molecule has 0 bridgehead atoms. The highest BCUT2D eigenvalue weighted by Crippen LogP contribution is 2.34. The van der Waals surface area contributed by atoms with Crippen molar-refractivity contribution in [2.24, 2.45) is 0 Å². The van der Waals surface area contributed by atoms with Gasteiger partial charge in [-0.15, -0.1) is 0 Å². The minimum absolute atomic E-state index is 0.166. The summed E-state index contributed by atoms with van der Waals surface area (Å²) < 4.78 is 11.9. The van der Waals surface area contributed by atoms with Gasteiger partial charge in [-0.05, 0) is 107 Å². The average molecular weight is 588 g/mol. The molecule has 230 valence electrons. The zero-order valence-corrected chi connectivity index (χ0v) is 25.6. The van der Waals surface area contributed by atoms with Crippen LogP contribution in [0.5, 0.6) is 17.2 Å². The molecule has 1 heterocycles. The maximum atomic E-state index is 12.9. The lowest BCUT2D eigenvalue weighted by Gasteiger charge is -2.35. The minimum Gasteiger partial charge on any atom is -0.490 e. The Bertz CT molecular complexity index is 1310. The van der Waals surface area contributed by atoms with Gasteiger partial charge in [-0.3, -0.25) is 4.79 Å². The maximum Gasteiger partial charge on any atom is 0.319 e. The van der Waals surface area contributed by atoms with E-state index in [1.165, 1.54) is 0 Å². The number of benzene rings is 3. The van der Waals surface area contributed by atoms with Crippen LogP contribution in [0.25, 0.3) is 0 Å². The van der Waals surface area contributed by atoms with E-state index in [1.807, 2.05) is 31.2 Å². The number of unbranched alkanes of at least 4 members (excludes halogenated alkanes) is 2. The van der Waals surface area contributed by atoms with Gasteiger partial charge in [0.1, 0.15) is 5.75 Å². The Morgan fingerprint density at radius 2 is 1.58 bits per heavy atom. The van der Waals surface area contributed by atoms with E-state index in [4.69, 9.17) is 9.47 Å². The van der Waals surface area contributed by atoms with Crippen molar-refractivity contribution < 1.29 is 19.1 Å². The lowest BCUT2D eigenvalue weighted by atomic mass is 10.0. The summed E-state index contributed by atoms with van der Waals surface area (Å²) in [6.07, 6.45) is 5.39. The highest BCUT2D eigenvalue weighted by molar-refractivity contribution is 6.04. The third-order valence-corrected chi connectivity index (χ3v) is 7.46. The number of ether oxygens (including phenoxy) is 2. The van der Waals surface area contributed by atoms with Gasteiger partial charge in [0.2, 0.25) is 0 Å². The van der Waals surface area contributed by atoms with Gasteiger partial charge in [0.15, 0.2) is 11.5 Å². The molecule has 43 heavy (non-hydrogen) atoms. The fourth-order valence-electron chi connectivity index (χ4n) is 5.20. The quantitative estimate of drug-likeness (QED) is 0.151. The number of hydrogen-bond donors (Lipinski definition) is 4. The third kappa shape index (κ3) is 9.38. The normalized spacial score (nSPS) is 13.2. The SMILES string of the molecule is CCCCCNC(=O)Nc1ccc(Oc2ccc(NC(=O)c3ccc(N(CC)C4CCNCC4)cc3)cc2)c(OCC)c1. The van der Waals surface area contributed by atoms with Gasteiger partial charge in [-0.25, -0.2) is 4.79 Å². The number of rotatable bonds is 14. The molecule has 1 aliphatic heterocycles. The zero-order valence-electron chi connectivity index (χ0n) is 25.6. The molecule has 9 nitrogen and oxygen atoms in total. The number of nitrogens with zero attached hydrogens (tertiary/aromatic N) is 1. The van der Waals surface area contributed by atoms with Crippen LogP contribution in [0.4, 0.5) is 21.9 Å². The molecule has 9 heteroatoms. The van der Waals surface area contributed by atoms with Crippen molar-refractivity contribution in [1.29, 1.82) is 0 Å². The first-order valence-electron chi connectivity index (χ1n) is 15.5. The number of amides is 3. The van der Waals surface area contributed by atoms with Gasteiger partial charge in [0.05, 0.1) is 6.61 Å². The molecule has 3 aromatic carbocycles. The number of carbonyl (C=O) groups is 2. The summed E-state index contributed by atoms with van der Waals surface area (Å²) in [5.41, 5.74) is 3.04. The smallest absolute Gasteiger partial charge is 0.319 e. The lowest BCUT2D eigenvalue weighted by molar-refractivity contribution is 0.102. The van der Waals surface area contributed by atoms with Crippen LogP contribution in [-0.2, 0) is 0 Å². The number of urea groups is 1. The van der Waals surface area contributed by atoms with E-state index in [0.717, 1.165) is 57.4 Å². The molecule has 0 unspecified atom stereocenters. The maximum absolute atomic E-state index is 12.9. The van der Waals surface area contributed by atoms with Gasteiger partial charge in [-0.1, -0.05) is 19.8 Å². The third-order valence-electron chi connectivity index (χ3n) is 7.46. The van der Waals surface area contributed by atoms with Gasteiger partial charge in [-0.2, -0.15) is 0 Å². The van der Waals surface area contributed by atoms with Crippen molar-refractivity contribution >= 4 is 29.0 Å². The standard InChI is InChI=1S/C34H45N5O4/c1-4-7-8-21-36-34(41)38-27-13-18-31(32(24-27)42-6-3)43-30-16-11-26(12-17-30)37-33(40)25-9-14-28(15-10-25)39(5-2)29-19-22-35-23-20-29/h9-18,24,29,35H,4-8,19-23H2,1-3H3,(H,37,40)(H2,36,38,41). The molecule has 0 aromatic heterocycles. The molecular formula is C34H45N5O4. The largest absolute Gasteiger partial charge is 0.490 e. The van der Waals surface area contributed by atoms with Crippen LogP contribution < -0.4 is 35.6 Å². The van der Waals surface area contributed by atoms with Crippen molar-refractivity contribution in [3.8, 4) is 17.2 Å². The van der Waals surface area contributed by atoms with E-state index in [0.29, 0.717) is 53.4 Å². The zero-order chi connectivity index (χ0) is 30.4. The van der Waals surface area contributed by atoms with Crippen molar-refractivity contribution in [1.82, 2.24) is 10.6 Å². The van der Waals surface area contributed by atoms with Crippen LogP contribution in [0.15, 0.2) is 66.7 Å². The number of anilines is 3. The van der Waals surface area contributed by atoms with Gasteiger partial charge in [0, 0.05) is 47.8 Å². The summed E-state index contributed by atoms with van der Waals surface area (Å²) >= 11 is 0. The molecule has 0 atom stereocenters. The molecule has 4 N–H and O–H groups in total. The Balaban J connectivity index is 1.33. The van der Waals surface area contributed by atoms with Crippen molar-refractivity contribution in [3.63, 3.8) is 0 Å². The highest BCUT2D eigenvalue weighted by atomic mass is 16.5. The van der Waals surface area contributed by atoms with E-state index in [9.17, 15) is 9.59 Å². The number of nitrogens with one attached hydrogen (secondary N) is 4. The number of carbonyl (C=O) groups excluding carboxylic acids is 2. The van der Waals surface area contributed by atoms with Crippen LogP contribution in [0.2, 0.25) is 0 Å². The Morgan fingerprint density at radius 1 is 0.860 bits per heavy atom. The molecule has 0 aliphatic carbocycles. The van der Waals surface area contributed by atoms with Gasteiger partial charge >= 0.3 is 6.03 Å². The van der Waals surface area contributed by atoms with E-state index in [1.54, 1.807) is 42.5 Å². The summed E-state index contributed by atoms with van der Waals surface area (Å²) in [5, 5.41) is 12.1. The summed E-state index contributed by atoms with van der Waals surface area (Å²) in [6, 6.07) is 20.6. The van der Waals surface area contributed by atoms with Crippen LogP contribution in [0.3, 0.4) is 0 Å². The van der Waals surface area contributed by atoms with E-state index in [2.05, 4.69) is 40.0 Å². The number of piperidine rings is 1. The molecule has 0 radical (unpaired) electrons. The summed E-state index contributed by atoms with van der Waals surface area (Å²) in [5.74, 6) is 1.48. The Hall–Kier alpha value is -4.24. The summed E-state index contributed by atoms with van der Waals surface area (Å²) in [6.45, 7) is 10.3. The first kappa shape index (κ1) is 31.7. The molecule has 3 amide bonds. The predicted octanol–water partition coefficient (Wildman–Crippen LogP) is 7.02.